The number of imidazole rings is 1. The van der Waals surface area contributed by atoms with Gasteiger partial charge < -0.3 is 9.47 Å². The van der Waals surface area contributed by atoms with Gasteiger partial charge >= 0.3 is 0 Å². The highest BCUT2D eigenvalue weighted by molar-refractivity contribution is 7.89. The van der Waals surface area contributed by atoms with Crippen molar-refractivity contribution in [2.75, 3.05) is 19.6 Å². The Labute approximate surface area is 293 Å². The van der Waals surface area contributed by atoms with Crippen molar-refractivity contribution < 1.29 is 22.0 Å². The number of sulfonamides is 1. The third kappa shape index (κ3) is 6.72. The van der Waals surface area contributed by atoms with E-state index in [9.17, 15) is 17.6 Å². The Hall–Kier alpha value is -3.67. The molecule has 266 valence electrons. The molecule has 3 aliphatic heterocycles. The number of amides is 1. The van der Waals surface area contributed by atoms with Crippen molar-refractivity contribution >= 4 is 27.0 Å². The lowest BCUT2D eigenvalue weighted by molar-refractivity contribution is 0.0602. The van der Waals surface area contributed by atoms with Crippen LogP contribution in [-0.4, -0.2) is 70.9 Å². The molecule has 4 aromatic rings. The van der Waals surface area contributed by atoms with Gasteiger partial charge in [-0.25, -0.2) is 26.9 Å². The predicted molar refractivity (Wildman–Crippen MR) is 191 cm³/mol. The van der Waals surface area contributed by atoms with E-state index in [0.29, 0.717) is 44.1 Å². The summed E-state index contributed by atoms with van der Waals surface area (Å²) < 4.78 is 60.7. The Balaban J connectivity index is 1.07. The quantitative estimate of drug-likeness (QED) is 0.211. The molecule has 2 bridgehead atoms. The van der Waals surface area contributed by atoms with Gasteiger partial charge in [-0.1, -0.05) is 24.3 Å². The van der Waals surface area contributed by atoms with Crippen LogP contribution < -0.4 is 4.72 Å². The second-order valence-electron chi connectivity index (χ2n) is 15.6. The van der Waals surface area contributed by atoms with Crippen molar-refractivity contribution in [3.05, 3.63) is 95.3 Å². The van der Waals surface area contributed by atoms with E-state index in [-0.39, 0.29) is 21.7 Å². The maximum Gasteiger partial charge on any atom is 0.256 e. The van der Waals surface area contributed by atoms with Crippen LogP contribution in [0, 0.1) is 18.6 Å². The van der Waals surface area contributed by atoms with Crippen molar-refractivity contribution in [2.24, 2.45) is 0 Å². The van der Waals surface area contributed by atoms with Gasteiger partial charge in [-0.2, -0.15) is 0 Å². The van der Waals surface area contributed by atoms with Gasteiger partial charge in [0.1, 0.15) is 17.5 Å². The van der Waals surface area contributed by atoms with E-state index in [2.05, 4.69) is 39.3 Å². The molecule has 0 saturated carbocycles. The number of rotatable bonds is 8. The van der Waals surface area contributed by atoms with Gasteiger partial charge in [-0.05, 0) is 133 Å². The fourth-order valence-corrected chi connectivity index (χ4v) is 10.3. The SMILES string of the molecule is Cc1nc2ccccc2n1C1C[C@H]2CC[C@@H](C1)N2CCC1(c2cccc(F)c2)CCN(C(=O)c2cc(S(=O)(=O)NC(C)(C)C)ccc2F)CC1. The second-order valence-corrected chi connectivity index (χ2v) is 17.3. The molecule has 3 aliphatic rings. The van der Waals surface area contributed by atoms with E-state index in [0.717, 1.165) is 67.7 Å². The summed E-state index contributed by atoms with van der Waals surface area (Å²) in [5.41, 5.74) is 1.81. The first-order valence-corrected chi connectivity index (χ1v) is 19.3. The van der Waals surface area contributed by atoms with E-state index < -0.39 is 27.3 Å². The van der Waals surface area contributed by atoms with Gasteiger partial charge in [0.05, 0.1) is 21.5 Å². The lowest BCUT2D eigenvalue weighted by Gasteiger charge is -2.45. The van der Waals surface area contributed by atoms with E-state index in [1.807, 2.05) is 12.1 Å². The standard InChI is InChI=1S/C39H47F2N5O3S/c1-26-42-35-10-5-6-11-36(35)46(26)31-23-29-12-13-30(24-31)45(29)21-18-39(27-8-7-9-28(40)22-27)16-19-44(20-17-39)37(47)33-25-32(14-15-34(33)41)50(48,49)43-38(2,3)4/h5-11,14-15,22,25,29-31,43H,12-13,16-21,23-24H2,1-4H3/t29-,30+,31?. The lowest BCUT2D eigenvalue weighted by Crippen LogP contribution is -2.49. The molecule has 1 amide bonds. The number of piperidine rings is 2. The maximum absolute atomic E-state index is 15.1. The Morgan fingerprint density at radius 1 is 0.940 bits per heavy atom. The largest absolute Gasteiger partial charge is 0.338 e. The molecule has 3 aromatic carbocycles. The monoisotopic (exact) mass is 703 g/mol. The van der Waals surface area contributed by atoms with E-state index in [1.165, 1.54) is 17.6 Å². The van der Waals surface area contributed by atoms with Crippen molar-refractivity contribution in [2.45, 2.75) is 107 Å². The van der Waals surface area contributed by atoms with Crippen LogP contribution in [0.25, 0.3) is 11.0 Å². The Morgan fingerprint density at radius 3 is 2.32 bits per heavy atom. The number of aryl methyl sites for hydroxylation is 1. The zero-order valence-electron chi connectivity index (χ0n) is 29.3. The third-order valence-corrected chi connectivity index (χ3v) is 13.0. The normalized spacial score (nSPS) is 22.7. The first-order chi connectivity index (χ1) is 23.7. The van der Waals surface area contributed by atoms with Crippen LogP contribution in [0.4, 0.5) is 8.78 Å². The van der Waals surface area contributed by atoms with Crippen LogP contribution in [0.3, 0.4) is 0 Å². The van der Waals surface area contributed by atoms with Gasteiger partial charge in [-0.15, -0.1) is 0 Å². The molecule has 1 aromatic heterocycles. The van der Waals surface area contributed by atoms with Gasteiger partial charge in [0.25, 0.3) is 5.91 Å². The summed E-state index contributed by atoms with van der Waals surface area (Å²) >= 11 is 0. The molecule has 7 rings (SSSR count). The first kappa shape index (κ1) is 34.8. The van der Waals surface area contributed by atoms with Crippen molar-refractivity contribution in [1.82, 2.24) is 24.1 Å². The average Bonchev–Trinajstić information content (AvgIpc) is 3.52. The third-order valence-electron chi connectivity index (χ3n) is 11.2. The number of carbonyl (C=O) groups is 1. The van der Waals surface area contributed by atoms with E-state index >= 15 is 4.39 Å². The molecule has 1 N–H and O–H groups in total. The van der Waals surface area contributed by atoms with Gasteiger partial charge in [-0.3, -0.25) is 9.69 Å². The summed E-state index contributed by atoms with van der Waals surface area (Å²) in [5, 5.41) is 0. The number of halogens is 2. The number of benzene rings is 3. The fourth-order valence-electron chi connectivity index (χ4n) is 8.90. The van der Waals surface area contributed by atoms with Gasteiger partial charge in [0.2, 0.25) is 10.0 Å². The topological polar surface area (TPSA) is 87.5 Å². The molecule has 50 heavy (non-hydrogen) atoms. The zero-order chi connectivity index (χ0) is 35.4. The van der Waals surface area contributed by atoms with Crippen molar-refractivity contribution in [1.29, 1.82) is 0 Å². The summed E-state index contributed by atoms with van der Waals surface area (Å²) in [6.07, 6.45) is 6.47. The second kappa shape index (κ2) is 13.1. The molecule has 0 aliphatic carbocycles. The number of carbonyl (C=O) groups excluding carboxylic acids is 1. The summed E-state index contributed by atoms with van der Waals surface area (Å²) in [4.78, 5) is 22.7. The number of nitrogens with zero attached hydrogens (tertiary/aromatic N) is 4. The Morgan fingerprint density at radius 2 is 1.64 bits per heavy atom. The predicted octanol–water partition coefficient (Wildman–Crippen LogP) is 7.13. The van der Waals surface area contributed by atoms with E-state index in [4.69, 9.17) is 4.98 Å². The number of hydrogen-bond acceptors (Lipinski definition) is 5. The number of fused-ring (bicyclic) bond motifs is 3. The van der Waals surface area contributed by atoms with Crippen LogP contribution in [0.2, 0.25) is 0 Å². The molecular formula is C39H47F2N5O3S. The highest BCUT2D eigenvalue weighted by Gasteiger charge is 2.44. The summed E-state index contributed by atoms with van der Waals surface area (Å²) in [5.74, 6) is -0.520. The molecule has 1 unspecified atom stereocenters. The molecule has 3 atom stereocenters. The molecule has 0 spiro atoms. The lowest BCUT2D eigenvalue weighted by atomic mass is 9.70. The number of hydrogen-bond donors (Lipinski definition) is 1. The number of likely N-dealkylation sites (tertiary alicyclic amines) is 1. The Kier molecular flexibility index (Phi) is 9.14. The Bertz CT molecular complexity index is 2000. The fraction of sp³-hybridized carbons (Fsp3) is 0.487. The van der Waals surface area contributed by atoms with Crippen LogP contribution in [0.1, 0.15) is 93.5 Å². The van der Waals surface area contributed by atoms with Crippen molar-refractivity contribution in [3.63, 3.8) is 0 Å². The molecule has 0 radical (unpaired) electrons. The van der Waals surface area contributed by atoms with Gasteiger partial charge in [0.15, 0.2) is 0 Å². The molecular weight excluding hydrogens is 657 g/mol. The first-order valence-electron chi connectivity index (χ1n) is 17.8. The highest BCUT2D eigenvalue weighted by Crippen LogP contribution is 2.45. The minimum atomic E-state index is -3.96. The number of nitrogens with one attached hydrogen (secondary N) is 1. The van der Waals surface area contributed by atoms with Crippen LogP contribution in [0.15, 0.2) is 71.6 Å². The average molecular weight is 704 g/mol. The van der Waals surface area contributed by atoms with Crippen LogP contribution >= 0.6 is 0 Å². The zero-order valence-corrected chi connectivity index (χ0v) is 30.1. The van der Waals surface area contributed by atoms with Crippen LogP contribution in [0.5, 0.6) is 0 Å². The van der Waals surface area contributed by atoms with Crippen molar-refractivity contribution in [3.8, 4) is 0 Å². The molecule has 8 nitrogen and oxygen atoms in total. The smallest absolute Gasteiger partial charge is 0.256 e. The number of aromatic nitrogens is 2. The maximum atomic E-state index is 15.1. The highest BCUT2D eigenvalue weighted by atomic mass is 32.2. The summed E-state index contributed by atoms with van der Waals surface area (Å²) in [6, 6.07) is 19.9. The minimum Gasteiger partial charge on any atom is -0.338 e. The summed E-state index contributed by atoms with van der Waals surface area (Å²) in [6.45, 7) is 8.85. The molecule has 3 saturated heterocycles. The van der Waals surface area contributed by atoms with E-state index in [1.54, 1.807) is 37.8 Å². The van der Waals surface area contributed by atoms with Crippen LogP contribution in [-0.2, 0) is 15.4 Å². The summed E-state index contributed by atoms with van der Waals surface area (Å²) in [7, 11) is -3.96. The molecule has 11 heteroatoms. The number of para-hydroxylation sites is 2. The minimum absolute atomic E-state index is 0.155. The molecule has 3 fully saturated rings. The van der Waals surface area contributed by atoms with Gasteiger partial charge in [0, 0.05) is 36.8 Å². The molecule has 4 heterocycles.